The molecule has 2 N–H and O–H groups in total. The highest BCUT2D eigenvalue weighted by molar-refractivity contribution is 5.68. The van der Waals surface area contributed by atoms with Crippen LogP contribution in [-0.2, 0) is 11.2 Å². The topological polar surface area (TPSA) is 67.8 Å². The van der Waals surface area contributed by atoms with E-state index >= 15 is 0 Å². The van der Waals surface area contributed by atoms with Gasteiger partial charge in [-0.2, -0.15) is 0 Å². The largest absolute Gasteiger partial charge is 0.488 e. The number of aliphatic hydroxyl groups excluding tert-OH is 1. The first kappa shape index (κ1) is 19.2. The number of alkyl carbamates (subject to hydrolysis) is 1. The fourth-order valence-electron chi connectivity index (χ4n) is 2.01. The van der Waals surface area contributed by atoms with E-state index in [-0.39, 0.29) is 25.0 Å². The molecule has 1 aromatic carbocycles. The maximum Gasteiger partial charge on any atom is 0.407 e. The molecule has 1 atom stereocenters. The van der Waals surface area contributed by atoms with Crippen LogP contribution in [0.15, 0.2) is 18.2 Å². The number of amides is 1. The molecule has 0 aliphatic carbocycles. The molecule has 0 saturated heterocycles. The van der Waals surface area contributed by atoms with Crippen molar-refractivity contribution in [2.75, 3.05) is 13.2 Å². The van der Waals surface area contributed by atoms with Gasteiger partial charge < -0.3 is 19.9 Å². The molecule has 1 amide bonds. The van der Waals surface area contributed by atoms with Crippen molar-refractivity contribution in [2.24, 2.45) is 0 Å². The zero-order chi connectivity index (χ0) is 17.5. The predicted octanol–water partition coefficient (Wildman–Crippen LogP) is 3.04. The number of rotatable bonds is 7. The molecule has 0 spiro atoms. The van der Waals surface area contributed by atoms with Gasteiger partial charge in [0.25, 0.3) is 0 Å². The first-order valence-corrected chi connectivity index (χ1v) is 7.73. The molecule has 6 heteroatoms. The Morgan fingerprint density at radius 3 is 2.70 bits per heavy atom. The van der Waals surface area contributed by atoms with Crippen LogP contribution in [0, 0.1) is 5.82 Å². The van der Waals surface area contributed by atoms with Gasteiger partial charge in [-0.25, -0.2) is 9.18 Å². The standard InChI is InChI=1S/C17H26FNO4/c1-12(19-16(21)23-17(2,3)4)8-9-13-6-5-7-14(18)15(13)22-11-10-20/h5-7,12,20H,8-11H2,1-4H3,(H,19,21)/t12-/m1/s1. The van der Waals surface area contributed by atoms with E-state index < -0.39 is 17.5 Å². The van der Waals surface area contributed by atoms with Crippen molar-refractivity contribution >= 4 is 6.09 Å². The molecule has 0 heterocycles. The summed E-state index contributed by atoms with van der Waals surface area (Å²) < 4.78 is 24.3. The second kappa shape index (κ2) is 8.72. The normalized spacial score (nSPS) is 12.6. The van der Waals surface area contributed by atoms with E-state index in [9.17, 15) is 9.18 Å². The molecular weight excluding hydrogens is 301 g/mol. The van der Waals surface area contributed by atoms with Crippen molar-refractivity contribution in [1.29, 1.82) is 0 Å². The Morgan fingerprint density at radius 1 is 1.39 bits per heavy atom. The number of aliphatic hydroxyl groups is 1. The Labute approximate surface area is 136 Å². The molecule has 0 aliphatic rings. The summed E-state index contributed by atoms with van der Waals surface area (Å²) in [6, 6.07) is 4.58. The van der Waals surface area contributed by atoms with Gasteiger partial charge in [0.2, 0.25) is 0 Å². The summed E-state index contributed by atoms with van der Waals surface area (Å²) in [6.45, 7) is 7.12. The lowest BCUT2D eigenvalue weighted by Crippen LogP contribution is -2.37. The summed E-state index contributed by atoms with van der Waals surface area (Å²) in [7, 11) is 0. The van der Waals surface area contributed by atoms with Crippen LogP contribution in [0.3, 0.4) is 0 Å². The van der Waals surface area contributed by atoms with E-state index in [1.165, 1.54) is 6.07 Å². The number of hydrogen-bond donors (Lipinski definition) is 2. The minimum atomic E-state index is -0.544. The fraction of sp³-hybridized carbons (Fsp3) is 0.588. The number of ether oxygens (including phenoxy) is 2. The van der Waals surface area contributed by atoms with Gasteiger partial charge in [-0.1, -0.05) is 12.1 Å². The minimum absolute atomic E-state index is 0.0413. The minimum Gasteiger partial charge on any atom is -0.488 e. The van der Waals surface area contributed by atoms with Gasteiger partial charge in [0.1, 0.15) is 12.2 Å². The molecule has 0 saturated carbocycles. The van der Waals surface area contributed by atoms with Crippen LogP contribution in [0.4, 0.5) is 9.18 Å². The Balaban J connectivity index is 2.57. The van der Waals surface area contributed by atoms with Crippen LogP contribution in [0.2, 0.25) is 0 Å². The average Bonchev–Trinajstić information content (AvgIpc) is 2.42. The maximum atomic E-state index is 13.8. The van der Waals surface area contributed by atoms with E-state index in [2.05, 4.69) is 5.32 Å². The highest BCUT2D eigenvalue weighted by Gasteiger charge is 2.18. The third-order valence-corrected chi connectivity index (χ3v) is 3.00. The first-order chi connectivity index (χ1) is 10.7. The Morgan fingerprint density at radius 2 is 2.09 bits per heavy atom. The summed E-state index contributed by atoms with van der Waals surface area (Å²) in [5, 5.41) is 11.6. The summed E-state index contributed by atoms with van der Waals surface area (Å²) in [5.41, 5.74) is 0.161. The maximum absolute atomic E-state index is 13.8. The van der Waals surface area contributed by atoms with Gasteiger partial charge in [-0.15, -0.1) is 0 Å². The molecule has 5 nitrogen and oxygen atoms in total. The van der Waals surface area contributed by atoms with E-state index in [1.54, 1.807) is 32.9 Å². The second-order valence-corrected chi connectivity index (χ2v) is 6.39. The van der Waals surface area contributed by atoms with Crippen molar-refractivity contribution in [2.45, 2.75) is 52.2 Å². The number of carbonyl (C=O) groups excluding carboxylic acids is 1. The van der Waals surface area contributed by atoms with Gasteiger partial charge in [0.05, 0.1) is 6.61 Å². The van der Waals surface area contributed by atoms with Crippen molar-refractivity contribution in [1.82, 2.24) is 5.32 Å². The van der Waals surface area contributed by atoms with Crippen molar-refractivity contribution < 1.29 is 23.8 Å². The molecule has 1 rings (SSSR count). The Hall–Kier alpha value is -1.82. The van der Waals surface area contributed by atoms with Crippen LogP contribution >= 0.6 is 0 Å². The number of benzene rings is 1. The number of aryl methyl sites for hydroxylation is 1. The van der Waals surface area contributed by atoms with E-state index in [0.717, 1.165) is 0 Å². The average molecular weight is 327 g/mol. The molecule has 130 valence electrons. The van der Waals surface area contributed by atoms with Gasteiger partial charge >= 0.3 is 6.09 Å². The van der Waals surface area contributed by atoms with Gasteiger partial charge in [0.15, 0.2) is 11.6 Å². The monoisotopic (exact) mass is 327 g/mol. The van der Waals surface area contributed by atoms with E-state index in [4.69, 9.17) is 14.6 Å². The Kier molecular flexibility index (Phi) is 7.29. The van der Waals surface area contributed by atoms with Crippen LogP contribution < -0.4 is 10.1 Å². The van der Waals surface area contributed by atoms with Gasteiger partial charge in [-0.3, -0.25) is 0 Å². The van der Waals surface area contributed by atoms with Gasteiger partial charge in [0, 0.05) is 6.04 Å². The second-order valence-electron chi connectivity index (χ2n) is 6.39. The van der Waals surface area contributed by atoms with Crippen LogP contribution in [0.1, 0.15) is 39.7 Å². The first-order valence-electron chi connectivity index (χ1n) is 7.73. The molecule has 0 bridgehead atoms. The number of para-hydroxylation sites is 1. The van der Waals surface area contributed by atoms with Crippen LogP contribution in [0.5, 0.6) is 5.75 Å². The molecule has 0 aromatic heterocycles. The quantitative estimate of drug-likeness (QED) is 0.808. The highest BCUT2D eigenvalue weighted by Crippen LogP contribution is 2.24. The summed E-state index contributed by atoms with van der Waals surface area (Å²) >= 11 is 0. The zero-order valence-corrected chi connectivity index (χ0v) is 14.2. The lowest BCUT2D eigenvalue weighted by molar-refractivity contribution is 0.0506. The Bertz CT molecular complexity index is 514. The third kappa shape index (κ3) is 7.32. The molecular formula is C17H26FNO4. The number of halogens is 1. The van der Waals surface area contributed by atoms with Crippen LogP contribution in [-0.4, -0.2) is 36.1 Å². The summed E-state index contributed by atoms with van der Waals surface area (Å²) in [4.78, 5) is 11.7. The number of hydrogen-bond acceptors (Lipinski definition) is 4. The lowest BCUT2D eigenvalue weighted by atomic mass is 10.0. The number of nitrogens with one attached hydrogen (secondary N) is 1. The predicted molar refractivity (Wildman–Crippen MR) is 86.1 cm³/mol. The smallest absolute Gasteiger partial charge is 0.407 e. The molecule has 1 aromatic rings. The van der Waals surface area contributed by atoms with Gasteiger partial charge in [-0.05, 0) is 52.2 Å². The molecule has 0 unspecified atom stereocenters. The van der Waals surface area contributed by atoms with E-state index in [0.29, 0.717) is 18.4 Å². The van der Waals surface area contributed by atoms with Crippen molar-refractivity contribution in [3.63, 3.8) is 0 Å². The third-order valence-electron chi connectivity index (χ3n) is 3.00. The fourth-order valence-corrected chi connectivity index (χ4v) is 2.01. The lowest BCUT2D eigenvalue weighted by Gasteiger charge is -2.22. The number of carbonyl (C=O) groups is 1. The molecule has 0 aliphatic heterocycles. The molecule has 23 heavy (non-hydrogen) atoms. The van der Waals surface area contributed by atoms with Crippen molar-refractivity contribution in [3.8, 4) is 5.75 Å². The zero-order valence-electron chi connectivity index (χ0n) is 14.2. The SMILES string of the molecule is C[C@H](CCc1cccc(F)c1OCCO)NC(=O)OC(C)(C)C. The molecule has 0 radical (unpaired) electrons. The van der Waals surface area contributed by atoms with Crippen LogP contribution in [0.25, 0.3) is 0 Å². The highest BCUT2D eigenvalue weighted by atomic mass is 19.1. The summed E-state index contributed by atoms with van der Waals surface area (Å²) in [5.74, 6) is -0.297. The molecule has 0 fully saturated rings. The summed E-state index contributed by atoms with van der Waals surface area (Å²) in [6.07, 6.45) is 0.675. The van der Waals surface area contributed by atoms with E-state index in [1.807, 2.05) is 6.92 Å². The van der Waals surface area contributed by atoms with Crippen molar-refractivity contribution in [3.05, 3.63) is 29.6 Å².